The first kappa shape index (κ1) is 18.5. The summed E-state index contributed by atoms with van der Waals surface area (Å²) >= 11 is 3.53. The van der Waals surface area contributed by atoms with Gasteiger partial charge in [0.2, 0.25) is 5.88 Å². The van der Waals surface area contributed by atoms with E-state index in [2.05, 4.69) is 57.1 Å². The van der Waals surface area contributed by atoms with Crippen molar-refractivity contribution in [2.24, 2.45) is 4.99 Å². The monoisotopic (exact) mass is 389 g/mol. The Bertz CT molecular complexity index is 674. The van der Waals surface area contributed by atoms with E-state index in [4.69, 9.17) is 4.74 Å². The molecule has 1 aromatic carbocycles. The standard InChI is InChI=1S/C19H24BrN3O/c1-4-23(3)14-21-18-13-17(20)19(22-15(18)2)24-12-8-11-16-9-6-5-7-10-16/h5-7,9-10,13-14H,4,8,11-12H2,1-3H3. The van der Waals surface area contributed by atoms with Gasteiger partial charge in [0.15, 0.2) is 0 Å². The number of aryl methyl sites for hydroxylation is 2. The van der Waals surface area contributed by atoms with Gasteiger partial charge in [0.1, 0.15) is 0 Å². The third-order valence-electron chi connectivity index (χ3n) is 3.69. The molecule has 0 saturated heterocycles. The van der Waals surface area contributed by atoms with Crippen LogP contribution >= 0.6 is 15.9 Å². The zero-order valence-corrected chi connectivity index (χ0v) is 16.1. The highest BCUT2D eigenvalue weighted by Crippen LogP contribution is 2.29. The number of hydrogen-bond donors (Lipinski definition) is 0. The van der Waals surface area contributed by atoms with Crippen molar-refractivity contribution in [2.75, 3.05) is 20.2 Å². The fourth-order valence-electron chi connectivity index (χ4n) is 2.11. The number of benzene rings is 1. The second-order valence-electron chi connectivity index (χ2n) is 5.64. The number of hydrogen-bond acceptors (Lipinski definition) is 3. The van der Waals surface area contributed by atoms with Crippen LogP contribution in [-0.4, -0.2) is 36.4 Å². The molecule has 2 aromatic rings. The molecule has 0 unspecified atom stereocenters. The fraction of sp³-hybridized carbons (Fsp3) is 0.368. The lowest BCUT2D eigenvalue weighted by Gasteiger charge is -2.11. The van der Waals surface area contributed by atoms with Crippen molar-refractivity contribution in [1.82, 2.24) is 9.88 Å². The first-order chi connectivity index (χ1) is 11.6. The zero-order valence-electron chi connectivity index (χ0n) is 14.5. The quantitative estimate of drug-likeness (QED) is 0.370. The minimum Gasteiger partial charge on any atom is -0.477 e. The van der Waals surface area contributed by atoms with Gasteiger partial charge in [0.25, 0.3) is 0 Å². The van der Waals surface area contributed by atoms with Crippen LogP contribution in [0.25, 0.3) is 0 Å². The smallest absolute Gasteiger partial charge is 0.228 e. The normalized spacial score (nSPS) is 11.0. The molecule has 0 aliphatic heterocycles. The Morgan fingerprint density at radius 1 is 1.29 bits per heavy atom. The Balaban J connectivity index is 1.91. The van der Waals surface area contributed by atoms with Gasteiger partial charge in [0, 0.05) is 13.6 Å². The highest BCUT2D eigenvalue weighted by Gasteiger charge is 2.08. The van der Waals surface area contributed by atoms with Gasteiger partial charge < -0.3 is 9.64 Å². The molecule has 5 heteroatoms. The van der Waals surface area contributed by atoms with E-state index in [-0.39, 0.29) is 0 Å². The summed E-state index contributed by atoms with van der Waals surface area (Å²) in [5, 5.41) is 0. The van der Waals surface area contributed by atoms with Crippen LogP contribution in [0.2, 0.25) is 0 Å². The summed E-state index contributed by atoms with van der Waals surface area (Å²) in [6.45, 7) is 5.59. The van der Waals surface area contributed by atoms with Crippen LogP contribution in [0.3, 0.4) is 0 Å². The van der Waals surface area contributed by atoms with Crippen LogP contribution in [0.1, 0.15) is 24.6 Å². The maximum atomic E-state index is 5.82. The van der Waals surface area contributed by atoms with E-state index in [1.54, 1.807) is 0 Å². The third-order valence-corrected chi connectivity index (χ3v) is 4.26. The van der Waals surface area contributed by atoms with E-state index in [1.807, 2.05) is 37.3 Å². The lowest BCUT2D eigenvalue weighted by Crippen LogP contribution is -2.14. The van der Waals surface area contributed by atoms with Gasteiger partial charge >= 0.3 is 0 Å². The van der Waals surface area contributed by atoms with Gasteiger partial charge in [-0.15, -0.1) is 0 Å². The number of rotatable bonds is 8. The maximum absolute atomic E-state index is 5.82. The molecule has 4 nitrogen and oxygen atoms in total. The zero-order chi connectivity index (χ0) is 17.4. The minimum atomic E-state index is 0.628. The fourth-order valence-corrected chi connectivity index (χ4v) is 2.53. The molecule has 0 amide bonds. The largest absolute Gasteiger partial charge is 0.477 e. The molecule has 1 heterocycles. The van der Waals surface area contributed by atoms with E-state index in [9.17, 15) is 0 Å². The van der Waals surface area contributed by atoms with Crippen molar-refractivity contribution < 1.29 is 4.74 Å². The molecular weight excluding hydrogens is 366 g/mol. The lowest BCUT2D eigenvalue weighted by atomic mass is 10.1. The molecule has 0 aliphatic carbocycles. The summed E-state index contributed by atoms with van der Waals surface area (Å²) < 4.78 is 6.65. The summed E-state index contributed by atoms with van der Waals surface area (Å²) in [5.41, 5.74) is 3.03. The van der Waals surface area contributed by atoms with Crippen LogP contribution in [0.15, 0.2) is 45.9 Å². The topological polar surface area (TPSA) is 37.7 Å². The second-order valence-corrected chi connectivity index (χ2v) is 6.49. The van der Waals surface area contributed by atoms with Gasteiger partial charge in [-0.05, 0) is 54.2 Å². The number of aliphatic imine (C=N–C) groups is 1. The molecule has 0 N–H and O–H groups in total. The molecule has 0 bridgehead atoms. The molecule has 0 saturated carbocycles. The van der Waals surface area contributed by atoms with Crippen molar-refractivity contribution >= 4 is 28.0 Å². The van der Waals surface area contributed by atoms with E-state index in [0.29, 0.717) is 12.5 Å². The molecule has 0 radical (unpaired) electrons. The highest BCUT2D eigenvalue weighted by molar-refractivity contribution is 9.10. The van der Waals surface area contributed by atoms with Crippen molar-refractivity contribution in [3.05, 3.63) is 52.1 Å². The van der Waals surface area contributed by atoms with Crippen LogP contribution < -0.4 is 4.74 Å². The molecule has 1 aromatic heterocycles. The van der Waals surface area contributed by atoms with Crippen LogP contribution in [0.4, 0.5) is 5.69 Å². The molecule has 128 valence electrons. The molecule has 0 atom stereocenters. The number of aromatic nitrogens is 1. The van der Waals surface area contributed by atoms with Crippen molar-refractivity contribution in [3.8, 4) is 5.88 Å². The lowest BCUT2D eigenvalue weighted by molar-refractivity contribution is 0.297. The highest BCUT2D eigenvalue weighted by atomic mass is 79.9. The Morgan fingerprint density at radius 3 is 2.75 bits per heavy atom. The number of ether oxygens (including phenoxy) is 1. The molecule has 0 fully saturated rings. The van der Waals surface area contributed by atoms with E-state index < -0.39 is 0 Å². The molecular formula is C19H24BrN3O. The molecule has 24 heavy (non-hydrogen) atoms. The Labute approximate surface area is 152 Å². The average Bonchev–Trinajstić information content (AvgIpc) is 2.60. The predicted octanol–water partition coefficient (Wildman–Crippen LogP) is 4.78. The molecule has 2 rings (SSSR count). The van der Waals surface area contributed by atoms with Gasteiger partial charge in [-0.25, -0.2) is 9.98 Å². The van der Waals surface area contributed by atoms with Crippen LogP contribution in [-0.2, 0) is 6.42 Å². The second kappa shape index (κ2) is 9.42. The summed E-state index contributed by atoms with van der Waals surface area (Å²) in [6, 6.07) is 12.4. The van der Waals surface area contributed by atoms with E-state index in [1.165, 1.54) is 5.56 Å². The predicted molar refractivity (Wildman–Crippen MR) is 103 cm³/mol. The maximum Gasteiger partial charge on any atom is 0.228 e. The average molecular weight is 390 g/mol. The van der Waals surface area contributed by atoms with Gasteiger partial charge in [-0.2, -0.15) is 0 Å². The first-order valence-corrected chi connectivity index (χ1v) is 8.97. The van der Waals surface area contributed by atoms with Gasteiger partial charge in [-0.1, -0.05) is 30.3 Å². The molecule has 0 spiro atoms. The van der Waals surface area contributed by atoms with E-state index >= 15 is 0 Å². The Kier molecular flexibility index (Phi) is 7.25. The summed E-state index contributed by atoms with van der Waals surface area (Å²) in [4.78, 5) is 11.0. The van der Waals surface area contributed by atoms with Gasteiger partial charge in [-0.3, -0.25) is 0 Å². The number of pyridine rings is 1. The number of nitrogens with zero attached hydrogens (tertiary/aromatic N) is 3. The minimum absolute atomic E-state index is 0.628. The van der Waals surface area contributed by atoms with Gasteiger partial charge in [0.05, 0.1) is 28.8 Å². The third kappa shape index (κ3) is 5.64. The molecule has 0 aliphatic rings. The van der Waals surface area contributed by atoms with E-state index in [0.717, 1.165) is 35.2 Å². The SMILES string of the molecule is CCN(C)C=Nc1cc(Br)c(OCCCc2ccccc2)nc1C. The number of halogens is 1. The summed E-state index contributed by atoms with van der Waals surface area (Å²) in [6.07, 6.45) is 3.78. The Hall–Kier alpha value is -1.88. The van der Waals surface area contributed by atoms with Crippen LogP contribution in [0.5, 0.6) is 5.88 Å². The van der Waals surface area contributed by atoms with Crippen LogP contribution in [0, 0.1) is 6.92 Å². The van der Waals surface area contributed by atoms with Crippen molar-refractivity contribution in [2.45, 2.75) is 26.7 Å². The van der Waals surface area contributed by atoms with Crippen molar-refractivity contribution in [1.29, 1.82) is 0 Å². The summed E-state index contributed by atoms with van der Waals surface area (Å²) in [5.74, 6) is 0.628. The Morgan fingerprint density at radius 2 is 2.04 bits per heavy atom. The first-order valence-electron chi connectivity index (χ1n) is 8.18. The summed E-state index contributed by atoms with van der Waals surface area (Å²) in [7, 11) is 1.99. The van der Waals surface area contributed by atoms with Crippen molar-refractivity contribution in [3.63, 3.8) is 0 Å².